The van der Waals surface area contributed by atoms with Gasteiger partial charge in [-0.05, 0) is 35.9 Å². The lowest BCUT2D eigenvalue weighted by Gasteiger charge is -2.04. The predicted molar refractivity (Wildman–Crippen MR) is 75.1 cm³/mol. The third-order valence-corrected chi connectivity index (χ3v) is 2.48. The normalized spacial score (nSPS) is 10.6. The van der Waals surface area contributed by atoms with E-state index in [1.807, 2.05) is 42.5 Å². The molecule has 0 aliphatic carbocycles. The van der Waals surface area contributed by atoms with E-state index in [0.717, 1.165) is 11.3 Å². The molecule has 0 saturated carbocycles. The standard InChI is InChI=1S/C15H14N2O3/c18-15(19)8-10-20-14-5-1-3-12(11-14)6-7-13-4-2-9-16-17-13/h1-7,9,11H,8,10H2,(H,18,19)/b7-6+. The molecule has 0 atom stereocenters. The number of benzene rings is 1. The number of carbonyl (C=O) groups is 1. The lowest BCUT2D eigenvalue weighted by Crippen LogP contribution is -2.04. The first-order chi connectivity index (χ1) is 9.74. The number of rotatable bonds is 6. The number of carboxylic acid groups (broad SMARTS) is 1. The topological polar surface area (TPSA) is 72.3 Å². The summed E-state index contributed by atoms with van der Waals surface area (Å²) in [4.78, 5) is 10.4. The highest BCUT2D eigenvalue weighted by atomic mass is 16.5. The molecule has 0 aliphatic heterocycles. The van der Waals surface area contributed by atoms with E-state index in [2.05, 4.69) is 10.2 Å². The first-order valence-corrected chi connectivity index (χ1v) is 6.14. The van der Waals surface area contributed by atoms with Crippen LogP contribution in [-0.4, -0.2) is 27.9 Å². The third-order valence-electron chi connectivity index (χ3n) is 2.48. The number of hydrogen-bond acceptors (Lipinski definition) is 4. The van der Waals surface area contributed by atoms with Gasteiger partial charge >= 0.3 is 5.97 Å². The van der Waals surface area contributed by atoms with Crippen LogP contribution >= 0.6 is 0 Å². The fourth-order valence-electron chi connectivity index (χ4n) is 1.55. The van der Waals surface area contributed by atoms with E-state index in [0.29, 0.717) is 5.75 Å². The van der Waals surface area contributed by atoms with E-state index in [1.54, 1.807) is 12.3 Å². The predicted octanol–water partition coefficient (Wildman–Crippen LogP) is 2.50. The average Bonchev–Trinajstić information content (AvgIpc) is 2.46. The molecule has 1 aromatic carbocycles. The minimum atomic E-state index is -0.872. The molecule has 1 aromatic heterocycles. The second-order valence-corrected chi connectivity index (χ2v) is 4.05. The first-order valence-electron chi connectivity index (χ1n) is 6.14. The highest BCUT2D eigenvalue weighted by Crippen LogP contribution is 2.15. The molecule has 0 bridgehead atoms. The summed E-state index contributed by atoms with van der Waals surface area (Å²) in [7, 11) is 0. The third kappa shape index (κ3) is 4.53. The number of nitrogens with zero attached hydrogens (tertiary/aromatic N) is 2. The van der Waals surface area contributed by atoms with Crippen molar-refractivity contribution in [1.82, 2.24) is 10.2 Å². The molecule has 5 heteroatoms. The van der Waals surface area contributed by atoms with E-state index < -0.39 is 5.97 Å². The Morgan fingerprint density at radius 1 is 1.25 bits per heavy atom. The van der Waals surface area contributed by atoms with E-state index in [-0.39, 0.29) is 13.0 Å². The van der Waals surface area contributed by atoms with Gasteiger partial charge in [0.1, 0.15) is 5.75 Å². The van der Waals surface area contributed by atoms with Crippen LogP contribution < -0.4 is 4.74 Å². The Bertz CT molecular complexity index is 597. The van der Waals surface area contributed by atoms with Crippen LogP contribution in [0.1, 0.15) is 17.7 Å². The lowest BCUT2D eigenvalue weighted by atomic mass is 10.2. The molecule has 0 fully saturated rings. The molecule has 0 saturated heterocycles. The lowest BCUT2D eigenvalue weighted by molar-refractivity contribution is -0.137. The number of aromatic nitrogens is 2. The number of ether oxygens (including phenoxy) is 1. The quantitative estimate of drug-likeness (QED) is 0.873. The Labute approximate surface area is 116 Å². The smallest absolute Gasteiger partial charge is 0.306 e. The summed E-state index contributed by atoms with van der Waals surface area (Å²) in [6, 6.07) is 11.1. The Morgan fingerprint density at radius 3 is 2.90 bits per heavy atom. The molecule has 5 nitrogen and oxygen atoms in total. The monoisotopic (exact) mass is 270 g/mol. The van der Waals surface area contributed by atoms with Gasteiger partial charge in [0.05, 0.1) is 18.7 Å². The molecule has 0 spiro atoms. The molecule has 0 amide bonds. The van der Waals surface area contributed by atoms with Crippen molar-refractivity contribution < 1.29 is 14.6 Å². The zero-order chi connectivity index (χ0) is 14.2. The van der Waals surface area contributed by atoms with Gasteiger partial charge in [0.15, 0.2) is 0 Å². The van der Waals surface area contributed by atoms with Crippen molar-refractivity contribution in [3.8, 4) is 5.75 Å². The van der Waals surface area contributed by atoms with Gasteiger partial charge in [0.25, 0.3) is 0 Å². The zero-order valence-electron chi connectivity index (χ0n) is 10.8. The summed E-state index contributed by atoms with van der Waals surface area (Å²) in [6.07, 6.45) is 5.35. The van der Waals surface area contributed by atoms with Gasteiger partial charge in [-0.1, -0.05) is 18.2 Å². The van der Waals surface area contributed by atoms with Crippen LogP contribution in [0.5, 0.6) is 5.75 Å². The zero-order valence-corrected chi connectivity index (χ0v) is 10.8. The van der Waals surface area contributed by atoms with Crippen LogP contribution in [0.15, 0.2) is 42.6 Å². The molecule has 20 heavy (non-hydrogen) atoms. The van der Waals surface area contributed by atoms with E-state index >= 15 is 0 Å². The fraction of sp³-hybridized carbons (Fsp3) is 0.133. The SMILES string of the molecule is O=C(O)CCOc1cccc(/C=C/c2cccnn2)c1. The van der Waals surface area contributed by atoms with Gasteiger partial charge in [0.2, 0.25) is 0 Å². The van der Waals surface area contributed by atoms with Crippen LogP contribution in [0.2, 0.25) is 0 Å². The summed E-state index contributed by atoms with van der Waals surface area (Å²) in [5, 5.41) is 16.3. The van der Waals surface area contributed by atoms with Gasteiger partial charge < -0.3 is 9.84 Å². The molecule has 2 rings (SSSR count). The van der Waals surface area contributed by atoms with Crippen molar-refractivity contribution in [3.05, 3.63) is 53.9 Å². The summed E-state index contributed by atoms with van der Waals surface area (Å²) in [5.74, 6) is -0.226. The van der Waals surface area contributed by atoms with Crippen molar-refractivity contribution >= 4 is 18.1 Å². The van der Waals surface area contributed by atoms with Gasteiger partial charge in [-0.25, -0.2) is 0 Å². The van der Waals surface area contributed by atoms with E-state index in [4.69, 9.17) is 9.84 Å². The fourth-order valence-corrected chi connectivity index (χ4v) is 1.55. The Balaban J connectivity index is 1.99. The van der Waals surface area contributed by atoms with Crippen molar-refractivity contribution in [2.24, 2.45) is 0 Å². The summed E-state index contributed by atoms with van der Waals surface area (Å²) in [6.45, 7) is 0.159. The van der Waals surface area contributed by atoms with Gasteiger partial charge in [-0.2, -0.15) is 10.2 Å². The van der Waals surface area contributed by atoms with Gasteiger partial charge in [-0.3, -0.25) is 4.79 Å². The maximum Gasteiger partial charge on any atom is 0.306 e. The van der Waals surface area contributed by atoms with Crippen LogP contribution in [0.3, 0.4) is 0 Å². The highest BCUT2D eigenvalue weighted by molar-refractivity contribution is 5.68. The second-order valence-electron chi connectivity index (χ2n) is 4.05. The average molecular weight is 270 g/mol. The Morgan fingerprint density at radius 2 is 2.15 bits per heavy atom. The minimum absolute atomic E-state index is 0.0142. The van der Waals surface area contributed by atoms with Gasteiger partial charge in [-0.15, -0.1) is 0 Å². The summed E-state index contributed by atoms with van der Waals surface area (Å²) >= 11 is 0. The maximum atomic E-state index is 10.4. The Kier molecular flexibility index (Phi) is 4.83. The molecule has 0 radical (unpaired) electrons. The Hall–Kier alpha value is -2.69. The highest BCUT2D eigenvalue weighted by Gasteiger charge is 1.99. The molecule has 1 heterocycles. The van der Waals surface area contributed by atoms with Crippen LogP contribution in [-0.2, 0) is 4.79 Å². The molecular weight excluding hydrogens is 256 g/mol. The van der Waals surface area contributed by atoms with Crippen molar-refractivity contribution in [2.45, 2.75) is 6.42 Å². The number of aliphatic carboxylic acids is 1. The first kappa shape index (κ1) is 13.7. The van der Waals surface area contributed by atoms with Crippen LogP contribution in [0.4, 0.5) is 0 Å². The van der Waals surface area contributed by atoms with Gasteiger partial charge in [0, 0.05) is 6.20 Å². The molecule has 0 aliphatic rings. The number of hydrogen-bond donors (Lipinski definition) is 1. The molecular formula is C15H14N2O3. The molecule has 1 N–H and O–H groups in total. The summed E-state index contributed by atoms with van der Waals surface area (Å²) in [5.41, 5.74) is 1.72. The van der Waals surface area contributed by atoms with Crippen LogP contribution in [0.25, 0.3) is 12.2 Å². The molecule has 0 unspecified atom stereocenters. The summed E-state index contributed by atoms with van der Waals surface area (Å²) < 4.78 is 5.37. The number of carboxylic acids is 1. The molecule has 102 valence electrons. The van der Waals surface area contributed by atoms with Crippen molar-refractivity contribution in [3.63, 3.8) is 0 Å². The molecule has 2 aromatic rings. The largest absolute Gasteiger partial charge is 0.493 e. The minimum Gasteiger partial charge on any atom is -0.493 e. The second kappa shape index (κ2) is 7.04. The van der Waals surface area contributed by atoms with Crippen molar-refractivity contribution in [2.75, 3.05) is 6.61 Å². The van der Waals surface area contributed by atoms with Crippen LogP contribution in [0, 0.1) is 0 Å². The van der Waals surface area contributed by atoms with E-state index in [9.17, 15) is 4.79 Å². The van der Waals surface area contributed by atoms with E-state index in [1.165, 1.54) is 0 Å². The maximum absolute atomic E-state index is 10.4. The van der Waals surface area contributed by atoms with Crippen molar-refractivity contribution in [1.29, 1.82) is 0 Å².